The van der Waals surface area contributed by atoms with Crippen molar-refractivity contribution < 1.29 is 17.9 Å². The van der Waals surface area contributed by atoms with Crippen molar-refractivity contribution >= 4 is 20.8 Å². The van der Waals surface area contributed by atoms with Gasteiger partial charge in [0.15, 0.2) is 0 Å². The second kappa shape index (κ2) is 10.1. The number of fused-ring (bicyclic) bond motifs is 1. The van der Waals surface area contributed by atoms with Crippen molar-refractivity contribution in [3.63, 3.8) is 0 Å². The van der Waals surface area contributed by atoms with Gasteiger partial charge in [0, 0.05) is 10.9 Å². The van der Waals surface area contributed by atoms with E-state index >= 15 is 0 Å². The minimum Gasteiger partial charge on any atom is -0.497 e. The molecule has 0 unspecified atom stereocenters. The van der Waals surface area contributed by atoms with E-state index in [2.05, 4.69) is 25.1 Å². The van der Waals surface area contributed by atoms with E-state index in [4.69, 9.17) is 14.6 Å². The first-order valence-electron chi connectivity index (χ1n) is 11.9. The molecular weight excluding hydrogens is 482 g/mol. The number of hydrogen-bond acceptors (Lipinski definition) is 4. The van der Waals surface area contributed by atoms with E-state index in [1.807, 2.05) is 60.7 Å². The van der Waals surface area contributed by atoms with Gasteiger partial charge in [-0.15, -0.1) is 0 Å². The Morgan fingerprint density at radius 3 is 2.00 bits per heavy atom. The third kappa shape index (κ3) is 5.35. The molecule has 37 heavy (non-hydrogen) atoms. The monoisotopic (exact) mass is 509 g/mol. The summed E-state index contributed by atoms with van der Waals surface area (Å²) in [6.45, 7) is 2.10. The largest absolute Gasteiger partial charge is 0.497 e. The van der Waals surface area contributed by atoms with Crippen molar-refractivity contribution in [2.45, 2.75) is 18.2 Å². The SMILES string of the molecule is COc1ccc2c(Oc3ccc(Cc4ccc(S(N)(=O)=O)cc4)cc3)c(-c3ccccc3)c(C)cc2c1. The van der Waals surface area contributed by atoms with Gasteiger partial charge in [0.1, 0.15) is 17.2 Å². The highest BCUT2D eigenvalue weighted by molar-refractivity contribution is 7.89. The number of benzene rings is 5. The molecular formula is C31H27NO4S. The fourth-order valence-electron chi connectivity index (χ4n) is 4.51. The Balaban J connectivity index is 1.48. The van der Waals surface area contributed by atoms with Gasteiger partial charge in [-0.25, -0.2) is 13.6 Å². The first kappa shape index (κ1) is 24.6. The molecule has 6 heteroatoms. The molecule has 0 aliphatic heterocycles. The number of primary sulfonamides is 1. The van der Waals surface area contributed by atoms with Gasteiger partial charge in [0.2, 0.25) is 10.0 Å². The zero-order chi connectivity index (χ0) is 26.0. The molecule has 0 bridgehead atoms. The van der Waals surface area contributed by atoms with Crippen LogP contribution in [0, 0.1) is 6.92 Å². The third-order valence-electron chi connectivity index (χ3n) is 6.36. The Labute approximate surface area is 217 Å². The smallest absolute Gasteiger partial charge is 0.238 e. The van der Waals surface area contributed by atoms with E-state index in [1.165, 1.54) is 12.1 Å². The minimum absolute atomic E-state index is 0.109. The molecule has 0 aliphatic carbocycles. The van der Waals surface area contributed by atoms with Crippen LogP contribution < -0.4 is 14.6 Å². The predicted octanol–water partition coefficient (Wildman–Crippen LogP) is 6.85. The molecule has 0 spiro atoms. The second-order valence-electron chi connectivity index (χ2n) is 8.96. The summed E-state index contributed by atoms with van der Waals surface area (Å²) in [7, 11) is -2.03. The van der Waals surface area contributed by atoms with Crippen molar-refractivity contribution in [1.29, 1.82) is 0 Å². The standard InChI is InChI=1S/C31H27NO4S/c1-21-18-25-20-27(35-2)14-17-29(25)31(30(21)24-6-4-3-5-7-24)36-26-12-8-22(9-13-26)19-23-10-15-28(16-11-23)37(32,33)34/h3-18,20H,19H2,1-2H3,(H2,32,33,34). The maximum Gasteiger partial charge on any atom is 0.238 e. The van der Waals surface area contributed by atoms with E-state index in [9.17, 15) is 8.42 Å². The molecule has 186 valence electrons. The lowest BCUT2D eigenvalue weighted by Gasteiger charge is -2.18. The normalized spacial score (nSPS) is 11.4. The van der Waals surface area contributed by atoms with E-state index < -0.39 is 10.0 Å². The van der Waals surface area contributed by atoms with Crippen molar-refractivity contribution in [2.24, 2.45) is 5.14 Å². The molecule has 0 saturated carbocycles. The Bertz CT molecular complexity index is 1660. The Kier molecular flexibility index (Phi) is 6.70. The van der Waals surface area contributed by atoms with Gasteiger partial charge in [-0.2, -0.15) is 0 Å². The molecule has 2 N–H and O–H groups in total. The van der Waals surface area contributed by atoms with Gasteiger partial charge in [-0.3, -0.25) is 0 Å². The fraction of sp³-hybridized carbons (Fsp3) is 0.0968. The van der Waals surface area contributed by atoms with E-state index in [1.54, 1.807) is 19.2 Å². The van der Waals surface area contributed by atoms with Crippen LogP contribution in [0.1, 0.15) is 16.7 Å². The number of rotatable bonds is 7. The molecule has 5 nitrogen and oxygen atoms in total. The predicted molar refractivity (Wildman–Crippen MR) is 148 cm³/mol. The van der Waals surface area contributed by atoms with Crippen molar-refractivity contribution in [2.75, 3.05) is 7.11 Å². The Morgan fingerprint density at radius 2 is 1.38 bits per heavy atom. The van der Waals surface area contributed by atoms with Gasteiger partial charge in [0.25, 0.3) is 0 Å². The van der Waals surface area contributed by atoms with Crippen LogP contribution in [0.3, 0.4) is 0 Å². The average molecular weight is 510 g/mol. The highest BCUT2D eigenvalue weighted by atomic mass is 32.2. The molecule has 5 rings (SSSR count). The summed E-state index contributed by atoms with van der Waals surface area (Å²) in [6.07, 6.45) is 0.660. The van der Waals surface area contributed by atoms with E-state index in [0.717, 1.165) is 55.8 Å². The van der Waals surface area contributed by atoms with Gasteiger partial charge < -0.3 is 9.47 Å². The second-order valence-corrected chi connectivity index (χ2v) is 10.5. The summed E-state index contributed by atoms with van der Waals surface area (Å²) in [5.74, 6) is 2.33. The quantitative estimate of drug-likeness (QED) is 0.260. The van der Waals surface area contributed by atoms with Crippen LogP contribution in [0.2, 0.25) is 0 Å². The summed E-state index contributed by atoms with van der Waals surface area (Å²) in [6, 6.07) is 33.0. The summed E-state index contributed by atoms with van der Waals surface area (Å²) in [4.78, 5) is 0.109. The zero-order valence-electron chi connectivity index (χ0n) is 20.6. The molecule has 0 aliphatic rings. The molecule has 0 fully saturated rings. The number of nitrogens with two attached hydrogens (primary N) is 1. The lowest BCUT2D eigenvalue weighted by atomic mass is 9.94. The fourth-order valence-corrected chi connectivity index (χ4v) is 5.02. The minimum atomic E-state index is -3.70. The first-order chi connectivity index (χ1) is 17.8. The molecule has 5 aromatic carbocycles. The molecule has 0 heterocycles. The lowest BCUT2D eigenvalue weighted by molar-refractivity contribution is 0.415. The zero-order valence-corrected chi connectivity index (χ0v) is 21.5. The first-order valence-corrected chi connectivity index (χ1v) is 13.4. The summed E-state index contributed by atoms with van der Waals surface area (Å²) in [5, 5.41) is 7.25. The van der Waals surface area contributed by atoms with Gasteiger partial charge in [-0.1, -0.05) is 60.7 Å². The molecule has 0 atom stereocenters. The molecule has 5 aromatic rings. The summed E-state index contributed by atoms with van der Waals surface area (Å²) in [5.41, 5.74) is 5.33. The maximum absolute atomic E-state index is 11.5. The highest BCUT2D eigenvalue weighted by Gasteiger charge is 2.16. The van der Waals surface area contributed by atoms with Gasteiger partial charge >= 0.3 is 0 Å². The Morgan fingerprint density at radius 1 is 0.757 bits per heavy atom. The van der Waals surface area contributed by atoms with Crippen LogP contribution >= 0.6 is 0 Å². The number of ether oxygens (including phenoxy) is 2. The molecule has 0 aromatic heterocycles. The maximum atomic E-state index is 11.5. The van der Waals surface area contributed by atoms with Crippen LogP contribution in [-0.4, -0.2) is 15.5 Å². The van der Waals surface area contributed by atoms with Crippen molar-refractivity contribution in [3.8, 4) is 28.4 Å². The highest BCUT2D eigenvalue weighted by Crippen LogP contribution is 2.43. The number of sulfonamides is 1. The van der Waals surface area contributed by atoms with E-state index in [-0.39, 0.29) is 4.90 Å². The van der Waals surface area contributed by atoms with Crippen LogP contribution in [0.15, 0.2) is 108 Å². The van der Waals surface area contributed by atoms with Crippen LogP contribution in [-0.2, 0) is 16.4 Å². The summed E-state index contributed by atoms with van der Waals surface area (Å²) >= 11 is 0. The molecule has 0 radical (unpaired) electrons. The lowest BCUT2D eigenvalue weighted by Crippen LogP contribution is -2.11. The molecule has 0 amide bonds. The number of aryl methyl sites for hydroxylation is 1. The van der Waals surface area contributed by atoms with Gasteiger partial charge in [-0.05, 0) is 83.4 Å². The van der Waals surface area contributed by atoms with Crippen molar-refractivity contribution in [3.05, 3.63) is 120 Å². The third-order valence-corrected chi connectivity index (χ3v) is 7.29. The van der Waals surface area contributed by atoms with E-state index in [0.29, 0.717) is 6.42 Å². The number of hydrogen-bond donors (Lipinski definition) is 1. The Hall–Kier alpha value is -4.13. The van der Waals surface area contributed by atoms with Crippen molar-refractivity contribution in [1.82, 2.24) is 0 Å². The summed E-state index contributed by atoms with van der Waals surface area (Å²) < 4.78 is 35.0. The van der Waals surface area contributed by atoms with Crippen LogP contribution in [0.5, 0.6) is 17.2 Å². The molecule has 0 saturated heterocycles. The topological polar surface area (TPSA) is 78.6 Å². The average Bonchev–Trinajstić information content (AvgIpc) is 2.89. The van der Waals surface area contributed by atoms with Crippen LogP contribution in [0.4, 0.5) is 0 Å². The van der Waals surface area contributed by atoms with Crippen LogP contribution in [0.25, 0.3) is 21.9 Å². The number of methoxy groups -OCH3 is 1. The van der Waals surface area contributed by atoms with Gasteiger partial charge in [0.05, 0.1) is 12.0 Å².